The monoisotopic (exact) mass is 391 g/mol. The molecule has 1 fully saturated rings. The third-order valence-electron chi connectivity index (χ3n) is 6.14. The molecule has 2 heterocycles. The van der Waals surface area contributed by atoms with Gasteiger partial charge in [0.25, 0.3) is 0 Å². The highest BCUT2D eigenvalue weighted by Crippen LogP contribution is 2.44. The third kappa shape index (κ3) is 3.79. The summed E-state index contributed by atoms with van der Waals surface area (Å²) in [6.07, 6.45) is 2.93. The summed E-state index contributed by atoms with van der Waals surface area (Å²) in [4.78, 5) is 26.4. The van der Waals surface area contributed by atoms with Gasteiger partial charge in [-0.3, -0.25) is 4.79 Å². The van der Waals surface area contributed by atoms with Crippen molar-refractivity contribution in [3.8, 4) is 0 Å². The Morgan fingerprint density at radius 2 is 1.90 bits per heavy atom. The number of primary amides is 1. The second kappa shape index (κ2) is 7.43. The van der Waals surface area contributed by atoms with Crippen molar-refractivity contribution in [2.45, 2.75) is 31.7 Å². The normalized spacial score (nSPS) is 20.6. The number of piperazine rings is 1. The molecule has 2 aromatic carbocycles. The average Bonchev–Trinajstić information content (AvgIpc) is 2.73. The molecule has 29 heavy (non-hydrogen) atoms. The first-order valence-electron chi connectivity index (χ1n) is 10.1. The molecule has 2 amide bonds. The first kappa shape index (κ1) is 19.3. The number of rotatable bonds is 3. The van der Waals surface area contributed by atoms with Gasteiger partial charge >= 0.3 is 6.03 Å². The van der Waals surface area contributed by atoms with E-state index >= 15 is 0 Å². The maximum atomic E-state index is 11.4. The van der Waals surface area contributed by atoms with Gasteiger partial charge < -0.3 is 20.9 Å². The molecule has 0 bridgehead atoms. The second-order valence-electron chi connectivity index (χ2n) is 8.55. The van der Waals surface area contributed by atoms with Crippen LogP contribution >= 0.6 is 0 Å². The van der Waals surface area contributed by atoms with Gasteiger partial charge in [0, 0.05) is 43.1 Å². The molecule has 0 aromatic heterocycles. The molecule has 151 valence electrons. The van der Waals surface area contributed by atoms with Crippen LogP contribution in [-0.2, 0) is 10.2 Å². The Bertz CT molecular complexity index is 932. The zero-order valence-electron chi connectivity index (χ0n) is 16.9. The number of benzene rings is 2. The van der Waals surface area contributed by atoms with E-state index in [0.717, 1.165) is 30.8 Å². The molecule has 1 atom stereocenters. The minimum absolute atomic E-state index is 0.0543. The Kier molecular flexibility index (Phi) is 4.94. The van der Waals surface area contributed by atoms with Crippen molar-refractivity contribution < 1.29 is 9.59 Å². The van der Waals surface area contributed by atoms with Crippen molar-refractivity contribution in [2.24, 2.45) is 5.73 Å². The van der Waals surface area contributed by atoms with Crippen LogP contribution in [0.15, 0.2) is 42.5 Å². The van der Waals surface area contributed by atoms with Crippen LogP contribution in [0.4, 0.5) is 16.2 Å². The maximum absolute atomic E-state index is 11.4. The summed E-state index contributed by atoms with van der Waals surface area (Å²) in [6, 6.07) is 14.2. The number of fused-ring (bicyclic) bond motifs is 1. The number of carbonyl (C=O) groups excluding carboxylic acids is 2. The fourth-order valence-electron chi connectivity index (χ4n) is 4.48. The van der Waals surface area contributed by atoms with Gasteiger partial charge in [-0.15, -0.1) is 0 Å². The maximum Gasteiger partial charge on any atom is 0.314 e. The van der Waals surface area contributed by atoms with Gasteiger partial charge in [-0.25, -0.2) is 4.79 Å². The fraction of sp³-hybridized carbons (Fsp3) is 0.391. The molecule has 2 aliphatic heterocycles. The van der Waals surface area contributed by atoms with Crippen LogP contribution in [0.2, 0.25) is 0 Å². The molecule has 2 aliphatic rings. The standard InChI is InChI=1S/C23H27N4O2/c1-23(2)14-21(25-20-7-6-16(15-28)12-19(20)23)17-4-3-5-18(13-17)26-8-10-27(11-9-26)22(24)29/h3-7,12-13,21,25H,8-11,14H2,1-2H3,(H2,24,29). The Morgan fingerprint density at radius 3 is 2.59 bits per heavy atom. The minimum atomic E-state index is -0.346. The Labute approximate surface area is 171 Å². The highest BCUT2D eigenvalue weighted by atomic mass is 16.2. The smallest absolute Gasteiger partial charge is 0.314 e. The van der Waals surface area contributed by atoms with E-state index in [2.05, 4.69) is 48.3 Å². The van der Waals surface area contributed by atoms with Gasteiger partial charge in [-0.05, 0) is 53.3 Å². The zero-order valence-corrected chi connectivity index (χ0v) is 16.9. The van der Waals surface area contributed by atoms with E-state index in [1.165, 1.54) is 11.3 Å². The van der Waals surface area contributed by atoms with Crippen LogP contribution in [0.25, 0.3) is 0 Å². The van der Waals surface area contributed by atoms with Crippen LogP contribution < -0.4 is 16.0 Å². The summed E-state index contributed by atoms with van der Waals surface area (Å²) >= 11 is 0. The molecule has 0 saturated carbocycles. The molecule has 1 radical (unpaired) electrons. The van der Waals surface area contributed by atoms with Crippen LogP contribution in [-0.4, -0.2) is 43.4 Å². The molecule has 0 spiro atoms. The molecule has 4 rings (SSSR count). The predicted octanol–water partition coefficient (Wildman–Crippen LogP) is 3.18. The fourth-order valence-corrected chi connectivity index (χ4v) is 4.48. The summed E-state index contributed by atoms with van der Waals surface area (Å²) in [5.74, 6) is 0. The van der Waals surface area contributed by atoms with E-state index < -0.39 is 0 Å². The van der Waals surface area contributed by atoms with E-state index in [4.69, 9.17) is 5.73 Å². The van der Waals surface area contributed by atoms with Crippen LogP contribution in [0.1, 0.15) is 43.0 Å². The van der Waals surface area contributed by atoms with Crippen molar-refractivity contribution in [1.82, 2.24) is 4.90 Å². The lowest BCUT2D eigenvalue weighted by Gasteiger charge is -2.39. The van der Waals surface area contributed by atoms with Gasteiger partial charge in [0.15, 0.2) is 0 Å². The number of urea groups is 1. The highest BCUT2D eigenvalue weighted by molar-refractivity contribution is 5.78. The van der Waals surface area contributed by atoms with Crippen molar-refractivity contribution in [3.05, 3.63) is 59.2 Å². The number of hydrogen-bond acceptors (Lipinski definition) is 4. The molecule has 1 unspecified atom stereocenters. The van der Waals surface area contributed by atoms with Crippen molar-refractivity contribution in [2.75, 3.05) is 36.4 Å². The van der Waals surface area contributed by atoms with Gasteiger partial charge in [0.1, 0.15) is 0 Å². The van der Waals surface area contributed by atoms with E-state index in [-0.39, 0.29) is 17.5 Å². The van der Waals surface area contributed by atoms with E-state index in [9.17, 15) is 9.59 Å². The lowest BCUT2D eigenvalue weighted by molar-refractivity contribution is 0.204. The van der Waals surface area contributed by atoms with E-state index in [1.54, 1.807) is 4.90 Å². The number of amides is 2. The largest absolute Gasteiger partial charge is 0.378 e. The molecule has 6 nitrogen and oxygen atoms in total. The first-order chi connectivity index (χ1) is 13.9. The summed E-state index contributed by atoms with van der Waals surface area (Å²) in [7, 11) is 0. The lowest BCUT2D eigenvalue weighted by Crippen LogP contribution is -2.50. The molecule has 1 saturated heterocycles. The molecule has 6 heteroatoms. The van der Waals surface area contributed by atoms with Gasteiger partial charge in [0.2, 0.25) is 6.29 Å². The number of carbonyl (C=O) groups is 1. The first-order valence-corrected chi connectivity index (χ1v) is 10.1. The van der Waals surface area contributed by atoms with Gasteiger partial charge in [-0.1, -0.05) is 26.0 Å². The summed E-state index contributed by atoms with van der Waals surface area (Å²) in [6.45, 7) is 7.31. The van der Waals surface area contributed by atoms with Crippen LogP contribution in [0.3, 0.4) is 0 Å². The molecular formula is C23H27N4O2. The van der Waals surface area contributed by atoms with Crippen molar-refractivity contribution in [3.63, 3.8) is 0 Å². The van der Waals surface area contributed by atoms with Crippen molar-refractivity contribution in [1.29, 1.82) is 0 Å². The Hall–Kier alpha value is -3.02. The van der Waals surface area contributed by atoms with Crippen LogP contribution in [0.5, 0.6) is 0 Å². The third-order valence-corrected chi connectivity index (χ3v) is 6.14. The number of nitrogens with zero attached hydrogens (tertiary/aromatic N) is 2. The summed E-state index contributed by atoms with van der Waals surface area (Å²) in [5, 5.41) is 3.65. The van der Waals surface area contributed by atoms with Gasteiger partial charge in [-0.2, -0.15) is 0 Å². The SMILES string of the molecule is CC1(C)CC(c2cccc(N3CCN(C(N)=O)CC3)c2)Nc2ccc([C]=O)cc21. The van der Waals surface area contributed by atoms with Gasteiger partial charge in [0.05, 0.1) is 6.04 Å². The topological polar surface area (TPSA) is 78.7 Å². The molecule has 2 aromatic rings. The highest BCUT2D eigenvalue weighted by Gasteiger charge is 2.34. The number of anilines is 2. The molecule has 0 aliphatic carbocycles. The van der Waals surface area contributed by atoms with E-state index in [1.807, 2.05) is 24.5 Å². The number of nitrogens with two attached hydrogens (primary N) is 1. The molecule has 3 N–H and O–H groups in total. The average molecular weight is 391 g/mol. The quantitative estimate of drug-likeness (QED) is 0.842. The summed E-state index contributed by atoms with van der Waals surface area (Å²) < 4.78 is 0. The number of nitrogens with one attached hydrogen (secondary N) is 1. The Morgan fingerprint density at radius 1 is 1.14 bits per heavy atom. The zero-order chi connectivity index (χ0) is 20.6. The Balaban J connectivity index is 1.56. The minimum Gasteiger partial charge on any atom is -0.378 e. The predicted molar refractivity (Wildman–Crippen MR) is 115 cm³/mol. The molecular weight excluding hydrogens is 364 g/mol. The van der Waals surface area contributed by atoms with E-state index in [0.29, 0.717) is 18.7 Å². The van der Waals surface area contributed by atoms with Crippen molar-refractivity contribution >= 4 is 23.7 Å². The number of hydrogen-bond donors (Lipinski definition) is 2. The second-order valence-corrected chi connectivity index (χ2v) is 8.55. The lowest BCUT2D eigenvalue weighted by atomic mass is 9.73. The summed E-state index contributed by atoms with van der Waals surface area (Å²) in [5.41, 5.74) is 10.6. The van der Waals surface area contributed by atoms with Crippen LogP contribution in [0, 0.1) is 0 Å².